The molecule has 0 saturated heterocycles. The van der Waals surface area contributed by atoms with Gasteiger partial charge in [0.25, 0.3) is 0 Å². The van der Waals surface area contributed by atoms with Gasteiger partial charge in [0, 0.05) is 11.1 Å². The molecule has 0 aliphatic carbocycles. The van der Waals surface area contributed by atoms with E-state index in [-0.39, 0.29) is 6.04 Å². The van der Waals surface area contributed by atoms with Crippen molar-refractivity contribution < 1.29 is 0 Å². The Bertz CT molecular complexity index is 577. The molecule has 2 aromatic rings. The van der Waals surface area contributed by atoms with Gasteiger partial charge in [-0.2, -0.15) is 0 Å². The molecule has 1 nitrogen and oxygen atoms in total. The third-order valence-electron chi connectivity index (χ3n) is 3.73. The summed E-state index contributed by atoms with van der Waals surface area (Å²) in [5.41, 5.74) is 3.92. The zero-order valence-corrected chi connectivity index (χ0v) is 13.8. The minimum absolute atomic E-state index is 0.289. The van der Waals surface area contributed by atoms with Gasteiger partial charge in [0.1, 0.15) is 0 Å². The molecule has 1 N–H and O–H groups in total. The largest absolute Gasteiger partial charge is 0.313 e. The van der Waals surface area contributed by atoms with E-state index in [2.05, 4.69) is 49.5 Å². The van der Waals surface area contributed by atoms with E-state index in [1.807, 2.05) is 25.2 Å². The molecule has 0 saturated carbocycles. The summed E-state index contributed by atoms with van der Waals surface area (Å²) in [6, 6.07) is 17.3. The average molecular weight is 302 g/mol. The van der Waals surface area contributed by atoms with E-state index in [1.54, 1.807) is 0 Å². The fourth-order valence-electron chi connectivity index (χ4n) is 2.68. The second-order valence-electron chi connectivity index (χ2n) is 5.98. The van der Waals surface area contributed by atoms with Crippen LogP contribution in [0.25, 0.3) is 0 Å². The minimum Gasteiger partial charge on any atom is -0.313 e. The maximum atomic E-state index is 6.29. The molecule has 0 heterocycles. The molecule has 0 aliphatic rings. The Hall–Kier alpha value is -1.31. The molecule has 2 rings (SSSR count). The summed E-state index contributed by atoms with van der Waals surface area (Å²) in [4.78, 5) is 0. The normalized spacial score (nSPS) is 12.6. The van der Waals surface area contributed by atoms with E-state index in [1.165, 1.54) is 16.7 Å². The topological polar surface area (TPSA) is 12.0 Å². The molecule has 0 radical (unpaired) electrons. The van der Waals surface area contributed by atoms with Gasteiger partial charge < -0.3 is 5.32 Å². The summed E-state index contributed by atoms with van der Waals surface area (Å²) in [6.45, 7) is 4.51. The third kappa shape index (κ3) is 4.59. The average Bonchev–Trinajstić information content (AvgIpc) is 2.46. The second kappa shape index (κ2) is 7.63. The van der Waals surface area contributed by atoms with Gasteiger partial charge in [-0.15, -0.1) is 0 Å². The van der Waals surface area contributed by atoms with Crippen LogP contribution in [0.5, 0.6) is 0 Å². The van der Waals surface area contributed by atoms with E-state index >= 15 is 0 Å². The SMILES string of the molecule is CNC(Cc1ccccc1Cl)c1cccc(CC(C)C)c1. The highest BCUT2D eigenvalue weighted by atomic mass is 35.5. The first-order chi connectivity index (χ1) is 10.1. The van der Waals surface area contributed by atoms with Crippen LogP contribution in [0, 0.1) is 5.92 Å². The number of rotatable bonds is 6. The highest BCUT2D eigenvalue weighted by molar-refractivity contribution is 6.31. The van der Waals surface area contributed by atoms with Gasteiger partial charge in [-0.05, 0) is 48.6 Å². The van der Waals surface area contributed by atoms with E-state index < -0.39 is 0 Å². The molecule has 2 aromatic carbocycles. The van der Waals surface area contributed by atoms with Gasteiger partial charge in [0.05, 0.1) is 0 Å². The van der Waals surface area contributed by atoms with Crippen molar-refractivity contribution in [2.45, 2.75) is 32.7 Å². The maximum absolute atomic E-state index is 6.29. The fourth-order valence-corrected chi connectivity index (χ4v) is 2.89. The van der Waals surface area contributed by atoms with Crippen LogP contribution in [0.3, 0.4) is 0 Å². The molecule has 0 aromatic heterocycles. The molecule has 112 valence electrons. The van der Waals surface area contributed by atoms with Crippen molar-refractivity contribution >= 4 is 11.6 Å². The Morgan fingerprint density at radius 2 is 1.76 bits per heavy atom. The van der Waals surface area contributed by atoms with Crippen LogP contribution < -0.4 is 5.32 Å². The minimum atomic E-state index is 0.289. The van der Waals surface area contributed by atoms with Crippen molar-refractivity contribution in [2.75, 3.05) is 7.05 Å². The van der Waals surface area contributed by atoms with Gasteiger partial charge in [-0.1, -0.05) is 67.9 Å². The zero-order valence-electron chi connectivity index (χ0n) is 13.1. The van der Waals surface area contributed by atoms with Gasteiger partial charge in [0.2, 0.25) is 0 Å². The Kier molecular flexibility index (Phi) is 5.84. The van der Waals surface area contributed by atoms with Crippen LogP contribution in [0.1, 0.15) is 36.6 Å². The second-order valence-corrected chi connectivity index (χ2v) is 6.39. The summed E-state index contributed by atoms with van der Waals surface area (Å²) < 4.78 is 0. The maximum Gasteiger partial charge on any atom is 0.0438 e. The number of hydrogen-bond acceptors (Lipinski definition) is 1. The summed E-state index contributed by atoms with van der Waals surface area (Å²) in [7, 11) is 2.01. The molecular formula is C19H24ClN. The molecule has 0 amide bonds. The first-order valence-corrected chi connectivity index (χ1v) is 7.97. The van der Waals surface area contributed by atoms with Crippen molar-refractivity contribution in [3.05, 3.63) is 70.2 Å². The van der Waals surface area contributed by atoms with Crippen LogP contribution in [0.4, 0.5) is 0 Å². The third-order valence-corrected chi connectivity index (χ3v) is 4.10. The molecule has 0 bridgehead atoms. The number of halogens is 1. The Labute approximate surface area is 133 Å². The summed E-state index contributed by atoms with van der Waals surface area (Å²) in [6.07, 6.45) is 2.03. The highest BCUT2D eigenvalue weighted by Crippen LogP contribution is 2.24. The van der Waals surface area contributed by atoms with Crippen molar-refractivity contribution in [1.82, 2.24) is 5.32 Å². The molecule has 2 heteroatoms. The molecule has 1 atom stereocenters. The van der Waals surface area contributed by atoms with Crippen LogP contribution in [-0.4, -0.2) is 7.05 Å². The first-order valence-electron chi connectivity index (χ1n) is 7.59. The number of nitrogens with one attached hydrogen (secondary N) is 1. The molecular weight excluding hydrogens is 278 g/mol. The molecule has 0 aliphatic heterocycles. The monoisotopic (exact) mass is 301 g/mol. The summed E-state index contributed by atoms with van der Waals surface area (Å²) in [5.74, 6) is 0.678. The van der Waals surface area contributed by atoms with Crippen LogP contribution in [0.2, 0.25) is 5.02 Å². The molecule has 21 heavy (non-hydrogen) atoms. The zero-order chi connectivity index (χ0) is 15.2. The number of likely N-dealkylation sites (N-methyl/N-ethyl adjacent to an activating group) is 1. The van der Waals surface area contributed by atoms with Gasteiger partial charge in [-0.3, -0.25) is 0 Å². The van der Waals surface area contributed by atoms with Gasteiger partial charge >= 0.3 is 0 Å². The predicted octanol–water partition coefficient (Wildman–Crippen LogP) is 5.04. The Morgan fingerprint density at radius 3 is 2.43 bits per heavy atom. The quantitative estimate of drug-likeness (QED) is 0.788. The lowest BCUT2D eigenvalue weighted by molar-refractivity contribution is 0.589. The lowest BCUT2D eigenvalue weighted by Gasteiger charge is -2.19. The fraction of sp³-hybridized carbons (Fsp3) is 0.368. The van der Waals surface area contributed by atoms with Crippen LogP contribution in [-0.2, 0) is 12.8 Å². The summed E-state index contributed by atoms with van der Waals surface area (Å²) >= 11 is 6.29. The van der Waals surface area contributed by atoms with E-state index in [9.17, 15) is 0 Å². The van der Waals surface area contributed by atoms with Crippen LogP contribution in [0.15, 0.2) is 48.5 Å². The van der Waals surface area contributed by atoms with Crippen molar-refractivity contribution in [1.29, 1.82) is 0 Å². The Balaban J connectivity index is 2.19. The molecule has 1 unspecified atom stereocenters. The van der Waals surface area contributed by atoms with Crippen molar-refractivity contribution in [2.24, 2.45) is 5.92 Å². The van der Waals surface area contributed by atoms with Gasteiger partial charge in [0.15, 0.2) is 0 Å². The predicted molar refractivity (Wildman–Crippen MR) is 91.9 cm³/mol. The lowest BCUT2D eigenvalue weighted by atomic mass is 9.95. The van der Waals surface area contributed by atoms with E-state index in [0.717, 1.165) is 17.9 Å². The summed E-state index contributed by atoms with van der Waals surface area (Å²) in [5, 5.41) is 4.26. The Morgan fingerprint density at radius 1 is 1.00 bits per heavy atom. The highest BCUT2D eigenvalue weighted by Gasteiger charge is 2.12. The number of hydrogen-bond donors (Lipinski definition) is 1. The van der Waals surface area contributed by atoms with Gasteiger partial charge in [-0.25, -0.2) is 0 Å². The standard InChI is InChI=1S/C19H24ClN/c1-14(2)11-15-7-6-9-17(12-15)19(21-3)13-16-8-4-5-10-18(16)20/h4-10,12,14,19,21H,11,13H2,1-3H3. The van der Waals surface area contributed by atoms with E-state index in [4.69, 9.17) is 11.6 Å². The first kappa shape index (κ1) is 16.1. The lowest BCUT2D eigenvalue weighted by Crippen LogP contribution is -2.19. The number of benzene rings is 2. The molecule has 0 spiro atoms. The van der Waals surface area contributed by atoms with E-state index in [0.29, 0.717) is 5.92 Å². The van der Waals surface area contributed by atoms with Crippen LogP contribution >= 0.6 is 11.6 Å². The smallest absolute Gasteiger partial charge is 0.0438 e. The van der Waals surface area contributed by atoms with Crippen molar-refractivity contribution in [3.8, 4) is 0 Å². The molecule has 0 fully saturated rings. The van der Waals surface area contributed by atoms with Crippen molar-refractivity contribution in [3.63, 3.8) is 0 Å².